The Morgan fingerprint density at radius 3 is 2.65 bits per heavy atom. The number of carbonyl (C=O) groups is 1. The number of aliphatic hydroxyl groups is 1. The number of hydrogen-bond donors (Lipinski definition) is 2. The van der Waals surface area contributed by atoms with Gasteiger partial charge in [-0.3, -0.25) is 4.98 Å². The third-order valence-electron chi connectivity index (χ3n) is 5.14. The molecule has 2 N–H and O–H groups in total. The minimum atomic E-state index is -0.366. The lowest BCUT2D eigenvalue weighted by molar-refractivity contribution is 0.0173. The van der Waals surface area contributed by atoms with Crippen molar-refractivity contribution < 1.29 is 15.7 Å². The number of benzene rings is 1. The SMILES string of the molecule is CO.Cc1ccc(NC(=O)N2C3CCCC2C3)cc1-c1cncc(F)c1.[HH]. The van der Waals surface area contributed by atoms with Crippen molar-refractivity contribution >= 4 is 11.7 Å². The van der Waals surface area contributed by atoms with E-state index >= 15 is 0 Å². The predicted molar refractivity (Wildman–Crippen MR) is 102 cm³/mol. The third kappa shape index (κ3) is 3.55. The molecule has 2 bridgehead atoms. The van der Waals surface area contributed by atoms with Gasteiger partial charge in [0, 0.05) is 38.1 Å². The average molecular weight is 359 g/mol. The van der Waals surface area contributed by atoms with Crippen LogP contribution in [0.2, 0.25) is 0 Å². The summed E-state index contributed by atoms with van der Waals surface area (Å²) >= 11 is 0. The van der Waals surface area contributed by atoms with Crippen LogP contribution in [-0.2, 0) is 0 Å². The summed E-state index contributed by atoms with van der Waals surface area (Å²) in [6, 6.07) is 7.96. The summed E-state index contributed by atoms with van der Waals surface area (Å²) in [5.41, 5.74) is 3.34. The Balaban J connectivity index is 0.000000844. The van der Waals surface area contributed by atoms with Crippen LogP contribution in [0, 0.1) is 12.7 Å². The topological polar surface area (TPSA) is 65.5 Å². The number of carbonyl (C=O) groups excluding carboxylic acids is 1. The van der Waals surface area contributed by atoms with Gasteiger partial charge in [0.25, 0.3) is 0 Å². The van der Waals surface area contributed by atoms with Gasteiger partial charge in [-0.05, 0) is 61.9 Å². The first-order valence-electron chi connectivity index (χ1n) is 8.87. The van der Waals surface area contributed by atoms with E-state index in [1.54, 1.807) is 6.20 Å². The summed E-state index contributed by atoms with van der Waals surface area (Å²) in [5.74, 6) is -0.366. The number of fused-ring (bicyclic) bond motifs is 2. The second-order valence-corrected chi connectivity index (χ2v) is 6.73. The van der Waals surface area contributed by atoms with Crippen LogP contribution in [0.4, 0.5) is 14.9 Å². The first-order chi connectivity index (χ1) is 12.6. The number of rotatable bonds is 2. The fourth-order valence-corrected chi connectivity index (χ4v) is 3.89. The number of aliphatic hydroxyl groups excluding tert-OH is 1. The summed E-state index contributed by atoms with van der Waals surface area (Å²) < 4.78 is 13.4. The summed E-state index contributed by atoms with van der Waals surface area (Å²) in [5, 5.41) is 10.00. The molecule has 3 heterocycles. The van der Waals surface area contributed by atoms with E-state index in [9.17, 15) is 9.18 Å². The van der Waals surface area contributed by atoms with E-state index in [-0.39, 0.29) is 13.3 Å². The number of pyridine rings is 1. The van der Waals surface area contributed by atoms with E-state index in [1.807, 2.05) is 30.0 Å². The van der Waals surface area contributed by atoms with E-state index in [0.717, 1.165) is 43.2 Å². The number of nitrogens with zero attached hydrogens (tertiary/aromatic N) is 2. The van der Waals surface area contributed by atoms with Crippen LogP contribution in [-0.4, -0.2) is 40.2 Å². The number of aryl methyl sites for hydroxylation is 1. The van der Waals surface area contributed by atoms with Gasteiger partial charge in [0.2, 0.25) is 0 Å². The van der Waals surface area contributed by atoms with E-state index in [0.29, 0.717) is 17.6 Å². The molecule has 26 heavy (non-hydrogen) atoms. The molecule has 2 fully saturated rings. The lowest BCUT2D eigenvalue weighted by Crippen LogP contribution is -2.62. The maximum Gasteiger partial charge on any atom is 0.322 e. The largest absolute Gasteiger partial charge is 0.400 e. The molecule has 0 radical (unpaired) electrons. The zero-order chi connectivity index (χ0) is 18.7. The van der Waals surface area contributed by atoms with Crippen LogP contribution in [0.3, 0.4) is 0 Å². The molecule has 2 aliphatic rings. The lowest BCUT2D eigenvalue weighted by Gasteiger charge is -2.52. The van der Waals surface area contributed by atoms with Crippen molar-refractivity contribution in [3.05, 3.63) is 48.0 Å². The molecule has 5 nitrogen and oxygen atoms in total. The van der Waals surface area contributed by atoms with E-state index in [4.69, 9.17) is 5.11 Å². The van der Waals surface area contributed by atoms with E-state index < -0.39 is 0 Å². The standard InChI is InChI=1S/C19H20FN3O.CH4O.H2/c1-12-5-6-15(8-18(12)13-7-14(20)11-21-10-13)22-19(24)23-16-3-2-4-17(23)9-16;1-2;/h5-8,10-11,16-17H,2-4,9H2,1H3,(H,22,24);2H,1H3;1H. The number of amides is 2. The maximum atomic E-state index is 13.4. The molecule has 6 heteroatoms. The van der Waals surface area contributed by atoms with Gasteiger partial charge >= 0.3 is 6.03 Å². The number of nitrogens with one attached hydrogen (secondary N) is 1. The molecule has 2 amide bonds. The molecule has 4 rings (SSSR count). The molecule has 2 atom stereocenters. The molecule has 2 aliphatic heterocycles. The van der Waals surface area contributed by atoms with Gasteiger partial charge in [-0.15, -0.1) is 0 Å². The minimum Gasteiger partial charge on any atom is -0.400 e. The van der Waals surface area contributed by atoms with Crippen LogP contribution in [0.15, 0.2) is 36.7 Å². The maximum absolute atomic E-state index is 13.4. The molecule has 2 aromatic rings. The summed E-state index contributed by atoms with van der Waals surface area (Å²) in [7, 11) is 1.00. The van der Waals surface area contributed by atoms with Crippen LogP contribution in [0.5, 0.6) is 0 Å². The van der Waals surface area contributed by atoms with Crippen molar-refractivity contribution in [2.45, 2.75) is 44.7 Å². The number of anilines is 1. The van der Waals surface area contributed by atoms with Crippen molar-refractivity contribution in [3.8, 4) is 11.1 Å². The van der Waals surface area contributed by atoms with Gasteiger partial charge < -0.3 is 15.3 Å². The highest BCUT2D eigenvalue weighted by Crippen LogP contribution is 2.38. The number of hydrogen-bond acceptors (Lipinski definition) is 3. The average Bonchev–Trinajstić information content (AvgIpc) is 2.65. The first kappa shape index (κ1) is 18.3. The predicted octanol–water partition coefficient (Wildman–Crippen LogP) is 4.21. The molecule has 0 saturated carbocycles. The zero-order valence-electron chi connectivity index (χ0n) is 15.1. The summed E-state index contributed by atoms with van der Waals surface area (Å²) in [4.78, 5) is 18.4. The highest BCUT2D eigenvalue weighted by atomic mass is 19.1. The number of urea groups is 1. The fourth-order valence-electron chi connectivity index (χ4n) is 3.89. The smallest absolute Gasteiger partial charge is 0.322 e. The number of aromatic nitrogens is 1. The molecule has 1 aromatic heterocycles. The normalized spacial score (nSPS) is 20.5. The zero-order valence-corrected chi connectivity index (χ0v) is 15.1. The van der Waals surface area contributed by atoms with Gasteiger partial charge in [0.05, 0.1) is 6.20 Å². The Hall–Kier alpha value is -2.47. The monoisotopic (exact) mass is 359 g/mol. The van der Waals surface area contributed by atoms with Crippen molar-refractivity contribution in [1.29, 1.82) is 0 Å². The minimum absolute atomic E-state index is 0. The Morgan fingerprint density at radius 1 is 1.27 bits per heavy atom. The van der Waals surface area contributed by atoms with E-state index in [1.165, 1.54) is 18.7 Å². The van der Waals surface area contributed by atoms with Crippen LogP contribution >= 0.6 is 0 Å². The Labute approximate surface area is 154 Å². The van der Waals surface area contributed by atoms with Gasteiger partial charge in [-0.25, -0.2) is 9.18 Å². The van der Waals surface area contributed by atoms with Gasteiger partial charge in [0.15, 0.2) is 0 Å². The van der Waals surface area contributed by atoms with Crippen molar-refractivity contribution in [1.82, 2.24) is 9.88 Å². The summed E-state index contributed by atoms with van der Waals surface area (Å²) in [6.07, 6.45) is 7.40. The first-order valence-corrected chi connectivity index (χ1v) is 8.87. The quantitative estimate of drug-likeness (QED) is 0.844. The number of halogens is 1. The molecule has 140 valence electrons. The molecule has 2 unspecified atom stereocenters. The molecule has 1 aromatic carbocycles. The highest BCUT2D eigenvalue weighted by molar-refractivity contribution is 5.91. The Bertz CT molecular complexity index is 789. The Morgan fingerprint density at radius 2 is 2.00 bits per heavy atom. The lowest BCUT2D eigenvalue weighted by atomic mass is 9.80. The van der Waals surface area contributed by atoms with Crippen LogP contribution in [0.1, 0.15) is 32.7 Å². The summed E-state index contributed by atoms with van der Waals surface area (Å²) in [6.45, 7) is 1.96. The van der Waals surface area contributed by atoms with Crippen molar-refractivity contribution in [3.63, 3.8) is 0 Å². The second-order valence-electron chi connectivity index (χ2n) is 6.73. The van der Waals surface area contributed by atoms with Gasteiger partial charge in [-0.2, -0.15) is 0 Å². The fraction of sp³-hybridized carbons (Fsp3) is 0.400. The molecule has 0 aliphatic carbocycles. The molecular weight excluding hydrogens is 333 g/mol. The van der Waals surface area contributed by atoms with Gasteiger partial charge in [0.1, 0.15) is 5.82 Å². The molecule has 0 spiro atoms. The van der Waals surface area contributed by atoms with Gasteiger partial charge in [-0.1, -0.05) is 6.07 Å². The van der Waals surface area contributed by atoms with Crippen molar-refractivity contribution in [2.75, 3.05) is 12.4 Å². The molecular formula is C20H26FN3O2. The third-order valence-corrected chi connectivity index (χ3v) is 5.14. The second kappa shape index (κ2) is 7.83. The van der Waals surface area contributed by atoms with Crippen LogP contribution < -0.4 is 5.32 Å². The number of piperidine rings is 1. The highest BCUT2D eigenvalue weighted by Gasteiger charge is 2.44. The molecule has 2 saturated heterocycles. The van der Waals surface area contributed by atoms with Crippen LogP contribution in [0.25, 0.3) is 11.1 Å². The Kier molecular flexibility index (Phi) is 5.52. The van der Waals surface area contributed by atoms with Crippen molar-refractivity contribution in [2.24, 2.45) is 0 Å². The van der Waals surface area contributed by atoms with E-state index in [2.05, 4.69) is 10.3 Å².